The molecule has 1 amide bonds. The van der Waals surface area contributed by atoms with Gasteiger partial charge < -0.3 is 15.7 Å². The molecule has 0 aromatic rings. The summed E-state index contributed by atoms with van der Waals surface area (Å²) in [6, 6.07) is 0. The number of carbonyl (C=O) groups excluding carboxylic acids is 1. The highest BCUT2D eigenvalue weighted by Gasteiger charge is 2.17. The van der Waals surface area contributed by atoms with Gasteiger partial charge in [-0.2, -0.15) is 0 Å². The summed E-state index contributed by atoms with van der Waals surface area (Å²) < 4.78 is 0. The monoisotopic (exact) mass is 271 g/mol. The van der Waals surface area contributed by atoms with Crippen LogP contribution in [0.15, 0.2) is 0 Å². The van der Waals surface area contributed by atoms with Crippen LogP contribution < -0.4 is 10.6 Å². The van der Waals surface area contributed by atoms with Gasteiger partial charge in [0.15, 0.2) is 0 Å². The normalized spacial score (nSPS) is 19.2. The van der Waals surface area contributed by atoms with Crippen molar-refractivity contribution < 1.29 is 9.90 Å². The third-order valence-electron chi connectivity index (χ3n) is 3.90. The van der Waals surface area contributed by atoms with Gasteiger partial charge in [-0.1, -0.05) is 26.7 Å². The fraction of sp³-hybridized carbons (Fsp3) is 0.929. The molecule has 1 heterocycles. The maximum Gasteiger partial charge on any atom is 0.234 e. The van der Waals surface area contributed by atoms with Gasteiger partial charge in [0.05, 0.1) is 12.6 Å². The molecule has 0 saturated carbocycles. The molecule has 0 aromatic carbocycles. The smallest absolute Gasteiger partial charge is 0.234 e. The van der Waals surface area contributed by atoms with Crippen molar-refractivity contribution in [3.63, 3.8) is 0 Å². The molecule has 1 aliphatic rings. The zero-order chi connectivity index (χ0) is 14.1. The van der Waals surface area contributed by atoms with Gasteiger partial charge in [-0.05, 0) is 25.4 Å². The Bertz CT molecular complexity index is 249. The zero-order valence-corrected chi connectivity index (χ0v) is 12.3. The van der Waals surface area contributed by atoms with E-state index in [9.17, 15) is 9.90 Å². The molecule has 0 bridgehead atoms. The van der Waals surface area contributed by atoms with E-state index in [4.69, 9.17) is 0 Å². The van der Waals surface area contributed by atoms with E-state index in [1.165, 1.54) is 0 Å². The third-order valence-corrected chi connectivity index (χ3v) is 3.90. The predicted octanol–water partition coefficient (Wildman–Crippen LogP) is 0.195. The Balaban J connectivity index is 2.22. The molecule has 1 atom stereocenters. The van der Waals surface area contributed by atoms with Crippen LogP contribution in [0.1, 0.15) is 33.1 Å². The fourth-order valence-corrected chi connectivity index (χ4v) is 2.54. The van der Waals surface area contributed by atoms with Crippen LogP contribution in [0, 0.1) is 5.92 Å². The average Bonchev–Trinajstić information content (AvgIpc) is 2.66. The van der Waals surface area contributed by atoms with Crippen LogP contribution in [0.25, 0.3) is 0 Å². The first-order chi connectivity index (χ1) is 9.17. The van der Waals surface area contributed by atoms with Crippen molar-refractivity contribution in [1.82, 2.24) is 15.5 Å². The van der Waals surface area contributed by atoms with Crippen LogP contribution >= 0.6 is 0 Å². The van der Waals surface area contributed by atoms with Gasteiger partial charge in [-0.25, -0.2) is 0 Å². The van der Waals surface area contributed by atoms with Gasteiger partial charge in [0.2, 0.25) is 5.91 Å². The lowest BCUT2D eigenvalue weighted by Crippen LogP contribution is -2.42. The lowest BCUT2D eigenvalue weighted by atomic mass is 9.96. The van der Waals surface area contributed by atoms with Gasteiger partial charge in [-0.3, -0.25) is 9.69 Å². The molecule has 0 radical (unpaired) electrons. The number of hydrogen-bond acceptors (Lipinski definition) is 4. The SMILES string of the molecule is CCC(CC)C(O)CNC(=O)CN1CCCNCC1. The van der Waals surface area contributed by atoms with Crippen LogP contribution in [0.3, 0.4) is 0 Å². The number of nitrogens with zero attached hydrogens (tertiary/aromatic N) is 1. The second kappa shape index (κ2) is 9.28. The van der Waals surface area contributed by atoms with Gasteiger partial charge in [0.25, 0.3) is 0 Å². The molecule has 0 aromatic heterocycles. The molecule has 1 fully saturated rings. The highest BCUT2D eigenvalue weighted by Crippen LogP contribution is 2.12. The van der Waals surface area contributed by atoms with Gasteiger partial charge >= 0.3 is 0 Å². The number of hydrogen-bond donors (Lipinski definition) is 3. The molecule has 5 heteroatoms. The largest absolute Gasteiger partial charge is 0.391 e. The molecular formula is C14H29N3O2. The Kier molecular flexibility index (Phi) is 8.02. The summed E-state index contributed by atoms with van der Waals surface area (Å²) in [5, 5.41) is 16.1. The van der Waals surface area contributed by atoms with E-state index in [2.05, 4.69) is 29.4 Å². The quantitative estimate of drug-likeness (QED) is 0.619. The van der Waals surface area contributed by atoms with E-state index in [-0.39, 0.29) is 11.8 Å². The molecule has 5 nitrogen and oxygen atoms in total. The number of aliphatic hydroxyl groups is 1. The summed E-state index contributed by atoms with van der Waals surface area (Å²) in [4.78, 5) is 14.0. The summed E-state index contributed by atoms with van der Waals surface area (Å²) in [5.74, 6) is 0.301. The third kappa shape index (κ3) is 6.36. The molecule has 1 rings (SSSR count). The number of amides is 1. The summed E-state index contributed by atoms with van der Waals surface area (Å²) in [7, 11) is 0. The lowest BCUT2D eigenvalue weighted by Gasteiger charge is -2.22. The standard InChI is InChI=1S/C14H29N3O2/c1-3-12(4-2)13(18)10-16-14(19)11-17-8-5-6-15-7-9-17/h12-13,15,18H,3-11H2,1-2H3,(H,16,19). The molecule has 0 aliphatic carbocycles. The van der Waals surface area contributed by atoms with Crippen LogP contribution in [0.4, 0.5) is 0 Å². The number of aliphatic hydroxyl groups excluding tert-OH is 1. The van der Waals surface area contributed by atoms with E-state index in [0.29, 0.717) is 13.1 Å². The van der Waals surface area contributed by atoms with Crippen LogP contribution in [-0.2, 0) is 4.79 Å². The van der Waals surface area contributed by atoms with Crippen molar-refractivity contribution in [2.75, 3.05) is 39.3 Å². The number of carbonyl (C=O) groups is 1. The van der Waals surface area contributed by atoms with E-state index in [0.717, 1.165) is 45.4 Å². The Hall–Kier alpha value is -0.650. The zero-order valence-electron chi connectivity index (χ0n) is 12.3. The van der Waals surface area contributed by atoms with E-state index < -0.39 is 6.10 Å². The van der Waals surface area contributed by atoms with E-state index >= 15 is 0 Å². The second-order valence-electron chi connectivity index (χ2n) is 5.33. The molecule has 1 saturated heterocycles. The summed E-state index contributed by atoms with van der Waals surface area (Å²) in [6.07, 6.45) is 2.56. The van der Waals surface area contributed by atoms with Crippen LogP contribution in [0.2, 0.25) is 0 Å². The highest BCUT2D eigenvalue weighted by molar-refractivity contribution is 5.78. The van der Waals surface area contributed by atoms with Crippen molar-refractivity contribution in [1.29, 1.82) is 0 Å². The summed E-state index contributed by atoms with van der Waals surface area (Å²) in [6.45, 7) is 8.83. The Labute approximate surface area is 116 Å². The summed E-state index contributed by atoms with van der Waals surface area (Å²) in [5.41, 5.74) is 0. The van der Waals surface area contributed by atoms with E-state index in [1.54, 1.807) is 0 Å². The van der Waals surface area contributed by atoms with Crippen LogP contribution in [-0.4, -0.2) is 61.3 Å². The maximum atomic E-state index is 11.8. The number of rotatable bonds is 7. The Morgan fingerprint density at radius 2 is 2.05 bits per heavy atom. The molecule has 1 aliphatic heterocycles. The first-order valence-electron chi connectivity index (χ1n) is 7.55. The molecular weight excluding hydrogens is 242 g/mol. The predicted molar refractivity (Wildman–Crippen MR) is 77.0 cm³/mol. The van der Waals surface area contributed by atoms with Crippen molar-refractivity contribution in [2.45, 2.75) is 39.2 Å². The second-order valence-corrected chi connectivity index (χ2v) is 5.33. The minimum Gasteiger partial charge on any atom is -0.391 e. The van der Waals surface area contributed by atoms with Gasteiger partial charge in [-0.15, -0.1) is 0 Å². The minimum absolute atomic E-state index is 0.0203. The highest BCUT2D eigenvalue weighted by atomic mass is 16.3. The van der Waals surface area contributed by atoms with Crippen molar-refractivity contribution in [3.05, 3.63) is 0 Å². The molecule has 112 valence electrons. The average molecular weight is 271 g/mol. The van der Waals surface area contributed by atoms with Crippen molar-refractivity contribution in [3.8, 4) is 0 Å². The van der Waals surface area contributed by atoms with Gasteiger partial charge in [0, 0.05) is 19.6 Å². The molecule has 3 N–H and O–H groups in total. The van der Waals surface area contributed by atoms with Crippen molar-refractivity contribution >= 4 is 5.91 Å². The maximum absolute atomic E-state index is 11.8. The first-order valence-corrected chi connectivity index (χ1v) is 7.55. The molecule has 19 heavy (non-hydrogen) atoms. The summed E-state index contributed by atoms with van der Waals surface area (Å²) >= 11 is 0. The topological polar surface area (TPSA) is 64.6 Å². The van der Waals surface area contributed by atoms with Gasteiger partial charge in [0.1, 0.15) is 0 Å². The Morgan fingerprint density at radius 3 is 2.74 bits per heavy atom. The minimum atomic E-state index is -0.426. The first kappa shape index (κ1) is 16.4. The van der Waals surface area contributed by atoms with Crippen LogP contribution in [0.5, 0.6) is 0 Å². The van der Waals surface area contributed by atoms with E-state index in [1.807, 2.05) is 0 Å². The lowest BCUT2D eigenvalue weighted by molar-refractivity contribution is -0.122. The molecule has 1 unspecified atom stereocenters. The number of nitrogens with one attached hydrogen (secondary N) is 2. The Morgan fingerprint density at radius 1 is 1.32 bits per heavy atom. The molecule has 0 spiro atoms. The fourth-order valence-electron chi connectivity index (χ4n) is 2.54. The van der Waals surface area contributed by atoms with Crippen molar-refractivity contribution in [2.24, 2.45) is 5.92 Å².